The van der Waals surface area contributed by atoms with Crippen molar-refractivity contribution in [1.29, 1.82) is 0 Å². The third kappa shape index (κ3) is 37.2. The summed E-state index contributed by atoms with van der Waals surface area (Å²) in [5, 5.41) is 0. The Labute approximate surface area is 76.3 Å². The zero-order valence-electron chi connectivity index (χ0n) is 5.65. The molecule has 0 saturated carbocycles. The molecular formula is C2H6CuO6P2+2. The molecule has 0 aromatic carbocycles. The van der Waals surface area contributed by atoms with Crippen LogP contribution in [0.4, 0.5) is 0 Å². The predicted molar refractivity (Wildman–Crippen MR) is 29.2 cm³/mol. The minimum absolute atomic E-state index is 0. The van der Waals surface area contributed by atoms with E-state index in [4.69, 9.17) is 0 Å². The van der Waals surface area contributed by atoms with E-state index in [0.717, 1.165) is 14.2 Å². The fourth-order valence-electron chi connectivity index (χ4n) is 0. The molecule has 0 N–H and O–H groups in total. The number of hydrogen-bond donors (Lipinski definition) is 0. The zero-order valence-corrected chi connectivity index (χ0v) is 8.38. The third-order valence-corrected chi connectivity index (χ3v) is 0.894. The van der Waals surface area contributed by atoms with Crippen LogP contribution in [0, 0.1) is 0 Å². The average Bonchev–Trinajstić information content (AvgIpc) is 1.89. The van der Waals surface area contributed by atoms with Gasteiger partial charge in [-0.1, -0.05) is 0 Å². The molecular weight excluding hydrogens is 246 g/mol. The van der Waals surface area contributed by atoms with Crippen molar-refractivity contribution < 1.29 is 45.0 Å². The summed E-state index contributed by atoms with van der Waals surface area (Å²) < 4.78 is 25.8. The normalized spacial score (nSPS) is 10.2. The SMILES string of the molecule is CO[P+](=O)[O-].CO[P+](=O)[O-].[Cu+2]. The van der Waals surface area contributed by atoms with Gasteiger partial charge in [-0.15, -0.1) is 0 Å². The molecule has 0 heterocycles. The number of rotatable bonds is 2. The van der Waals surface area contributed by atoms with Crippen molar-refractivity contribution in [3.05, 3.63) is 0 Å². The average molecular weight is 252 g/mol. The van der Waals surface area contributed by atoms with E-state index >= 15 is 0 Å². The van der Waals surface area contributed by atoms with Crippen molar-refractivity contribution in [2.24, 2.45) is 0 Å². The van der Waals surface area contributed by atoms with Gasteiger partial charge >= 0.3 is 33.6 Å². The molecule has 9 heteroatoms. The van der Waals surface area contributed by atoms with Gasteiger partial charge < -0.3 is 9.79 Å². The van der Waals surface area contributed by atoms with Gasteiger partial charge in [0.25, 0.3) is 0 Å². The van der Waals surface area contributed by atoms with E-state index in [-0.39, 0.29) is 17.1 Å². The standard InChI is InChI=1S/2CH3O3P.Cu/c2*1-4-5(2)3;/h2*1H3;/q;;+2. The Morgan fingerprint density at radius 2 is 1.09 bits per heavy atom. The first-order valence-corrected chi connectivity index (χ1v) is 4.10. The smallest absolute Gasteiger partial charge is 0.566 e. The van der Waals surface area contributed by atoms with E-state index in [1.54, 1.807) is 0 Å². The molecule has 0 aliphatic rings. The van der Waals surface area contributed by atoms with Crippen LogP contribution in [0.5, 0.6) is 0 Å². The molecule has 2 atom stereocenters. The van der Waals surface area contributed by atoms with Gasteiger partial charge in [0.05, 0.1) is 14.2 Å². The Kier molecular flexibility index (Phi) is 21.1. The van der Waals surface area contributed by atoms with E-state index in [0.29, 0.717) is 0 Å². The zero-order chi connectivity index (χ0) is 8.57. The third-order valence-electron chi connectivity index (χ3n) is 0.298. The molecule has 0 saturated heterocycles. The van der Waals surface area contributed by atoms with Crippen molar-refractivity contribution in [3.8, 4) is 0 Å². The molecule has 0 aliphatic heterocycles. The Morgan fingerprint density at radius 3 is 1.09 bits per heavy atom. The summed E-state index contributed by atoms with van der Waals surface area (Å²) in [7, 11) is -2.99. The molecule has 2 unspecified atom stereocenters. The van der Waals surface area contributed by atoms with Crippen LogP contribution >= 0.6 is 16.5 Å². The fourth-order valence-corrected chi connectivity index (χ4v) is 0. The minimum atomic E-state index is -2.60. The molecule has 0 aliphatic carbocycles. The molecule has 0 aromatic rings. The topological polar surface area (TPSA) is 98.7 Å². The van der Waals surface area contributed by atoms with Gasteiger partial charge in [-0.25, -0.2) is 0 Å². The fraction of sp³-hybridized carbons (Fsp3) is 1.00. The first kappa shape index (κ1) is 17.6. The van der Waals surface area contributed by atoms with Gasteiger partial charge in [-0.2, -0.15) is 9.05 Å². The van der Waals surface area contributed by atoms with Gasteiger partial charge in [-0.05, 0) is 9.13 Å². The van der Waals surface area contributed by atoms with E-state index in [1.807, 2.05) is 0 Å². The maximum absolute atomic E-state index is 9.18. The number of hydrogen-bond acceptors (Lipinski definition) is 6. The second kappa shape index (κ2) is 13.2. The Hall–Kier alpha value is 0.559. The first-order chi connectivity index (χ1) is 4.54. The molecule has 6 nitrogen and oxygen atoms in total. The van der Waals surface area contributed by atoms with Crippen LogP contribution in [-0.2, 0) is 35.2 Å². The Morgan fingerprint density at radius 1 is 1.00 bits per heavy atom. The van der Waals surface area contributed by atoms with Crippen LogP contribution in [0.3, 0.4) is 0 Å². The van der Waals surface area contributed by atoms with Crippen molar-refractivity contribution in [2.45, 2.75) is 0 Å². The van der Waals surface area contributed by atoms with Crippen molar-refractivity contribution in [2.75, 3.05) is 14.2 Å². The summed E-state index contributed by atoms with van der Waals surface area (Å²) in [4.78, 5) is 18.4. The van der Waals surface area contributed by atoms with Crippen LogP contribution in [-0.4, -0.2) is 14.2 Å². The quantitative estimate of drug-likeness (QED) is 0.475. The molecule has 0 rings (SSSR count). The van der Waals surface area contributed by atoms with Crippen molar-refractivity contribution in [3.63, 3.8) is 0 Å². The van der Waals surface area contributed by atoms with Crippen LogP contribution < -0.4 is 9.79 Å². The summed E-state index contributed by atoms with van der Waals surface area (Å²) >= 11 is 0. The largest absolute Gasteiger partial charge is 2.00 e. The molecule has 11 heavy (non-hydrogen) atoms. The van der Waals surface area contributed by atoms with Crippen LogP contribution in [0.15, 0.2) is 0 Å². The second-order valence-corrected chi connectivity index (χ2v) is 2.44. The molecule has 0 fully saturated rings. The van der Waals surface area contributed by atoms with E-state index in [2.05, 4.69) is 9.05 Å². The molecule has 1 radical (unpaired) electrons. The summed E-state index contributed by atoms with van der Waals surface area (Å²) in [5.41, 5.74) is 0. The van der Waals surface area contributed by atoms with Gasteiger partial charge in [0.15, 0.2) is 0 Å². The van der Waals surface area contributed by atoms with E-state index < -0.39 is 16.5 Å². The van der Waals surface area contributed by atoms with Crippen molar-refractivity contribution >= 4 is 16.5 Å². The summed E-state index contributed by atoms with van der Waals surface area (Å²) in [6, 6.07) is 0. The minimum Gasteiger partial charge on any atom is -0.566 e. The van der Waals surface area contributed by atoms with Gasteiger partial charge in [-0.3, -0.25) is 0 Å². The molecule has 0 amide bonds. The van der Waals surface area contributed by atoms with Crippen LogP contribution in [0.25, 0.3) is 0 Å². The predicted octanol–water partition coefficient (Wildman–Crippen LogP) is -0.702. The maximum atomic E-state index is 9.18. The molecule has 0 spiro atoms. The maximum Gasteiger partial charge on any atom is 2.00 e. The molecule has 0 bridgehead atoms. The summed E-state index contributed by atoms with van der Waals surface area (Å²) in [6.45, 7) is 0. The van der Waals surface area contributed by atoms with E-state index in [1.165, 1.54) is 0 Å². The second-order valence-electron chi connectivity index (χ2n) is 0.812. The molecule has 69 valence electrons. The van der Waals surface area contributed by atoms with Gasteiger partial charge in [0.2, 0.25) is 0 Å². The van der Waals surface area contributed by atoms with Gasteiger partial charge in [0.1, 0.15) is 0 Å². The Balaban J connectivity index is -0.000000107. The Bertz CT molecular complexity index is 103. The first-order valence-electron chi connectivity index (χ1n) is 1.91. The van der Waals surface area contributed by atoms with Crippen molar-refractivity contribution in [1.82, 2.24) is 0 Å². The van der Waals surface area contributed by atoms with Crippen LogP contribution in [0.1, 0.15) is 0 Å². The summed E-state index contributed by atoms with van der Waals surface area (Å²) in [6.07, 6.45) is 0. The summed E-state index contributed by atoms with van der Waals surface area (Å²) in [5.74, 6) is 0. The molecule has 0 aromatic heterocycles. The monoisotopic (exact) mass is 251 g/mol. The van der Waals surface area contributed by atoms with E-state index in [9.17, 15) is 18.9 Å². The van der Waals surface area contributed by atoms with Crippen LogP contribution in [0.2, 0.25) is 0 Å². The van der Waals surface area contributed by atoms with Gasteiger partial charge in [0, 0.05) is 0 Å².